The van der Waals surface area contributed by atoms with Gasteiger partial charge in [-0.25, -0.2) is 4.90 Å². The van der Waals surface area contributed by atoms with Crippen molar-refractivity contribution in [1.82, 2.24) is 5.01 Å². The lowest BCUT2D eigenvalue weighted by molar-refractivity contribution is -0.123. The summed E-state index contributed by atoms with van der Waals surface area (Å²) in [5.41, 5.74) is 2.67. The second kappa shape index (κ2) is 6.83. The molecule has 0 bridgehead atoms. The third kappa shape index (κ3) is 3.05. The Morgan fingerprint density at radius 3 is 2.56 bits per heavy atom. The average Bonchev–Trinajstić information content (AvgIpc) is 3.17. The minimum atomic E-state index is -0.783. The molecule has 0 N–H and O–H groups in total. The molecule has 2 aromatic carbocycles. The van der Waals surface area contributed by atoms with Crippen molar-refractivity contribution in [3.63, 3.8) is 0 Å². The highest BCUT2D eigenvalue weighted by molar-refractivity contribution is 6.25. The van der Waals surface area contributed by atoms with E-state index in [1.165, 1.54) is 4.90 Å². The van der Waals surface area contributed by atoms with Gasteiger partial charge in [0.15, 0.2) is 12.1 Å². The van der Waals surface area contributed by atoms with Crippen LogP contribution in [0, 0.1) is 6.92 Å². The van der Waals surface area contributed by atoms with E-state index in [4.69, 9.17) is 4.74 Å². The molecular weight excluding hydrogens is 344 g/mol. The van der Waals surface area contributed by atoms with Gasteiger partial charge in [0, 0.05) is 0 Å². The molecule has 0 aromatic heterocycles. The molecule has 27 heavy (non-hydrogen) atoms. The first-order chi connectivity index (χ1) is 13.1. The molecule has 2 aromatic rings. The quantitative estimate of drug-likeness (QED) is 0.765. The topological polar surface area (TPSA) is 74.6 Å². The van der Waals surface area contributed by atoms with Crippen LogP contribution >= 0.6 is 0 Å². The lowest BCUT2D eigenvalue weighted by atomic mass is 10.1. The van der Waals surface area contributed by atoms with E-state index < -0.39 is 12.1 Å². The normalized spacial score (nSPS) is 21.1. The number of ether oxygens (including phenoxy) is 1. The van der Waals surface area contributed by atoms with E-state index in [1.54, 1.807) is 29.3 Å². The summed E-state index contributed by atoms with van der Waals surface area (Å²) in [6, 6.07) is 13.4. The van der Waals surface area contributed by atoms with Crippen LogP contribution in [0.5, 0.6) is 5.75 Å². The lowest BCUT2D eigenvalue weighted by Crippen LogP contribution is -2.39. The molecule has 7 heteroatoms. The standard InChI is InChI=1S/C20H20N4O3/c1-3-27-16-9-7-15(8-10-16)24-19(25)17-18(20(24)26)23(22-21-17)12-14-6-4-5-13(2)11-14/h4-11,17-18H,3,12H2,1-2H3/t17-,18+/m1/s1. The van der Waals surface area contributed by atoms with Crippen LogP contribution in [-0.4, -0.2) is 35.5 Å². The Bertz CT molecular complexity index is 910. The van der Waals surface area contributed by atoms with E-state index in [2.05, 4.69) is 10.3 Å². The molecule has 1 saturated heterocycles. The average molecular weight is 364 g/mol. The van der Waals surface area contributed by atoms with Crippen molar-refractivity contribution < 1.29 is 14.3 Å². The van der Waals surface area contributed by atoms with Crippen LogP contribution in [0.25, 0.3) is 0 Å². The fourth-order valence-electron chi connectivity index (χ4n) is 3.46. The molecule has 2 heterocycles. The van der Waals surface area contributed by atoms with Crippen LogP contribution in [0.15, 0.2) is 58.9 Å². The second-order valence-electron chi connectivity index (χ2n) is 6.62. The Kier molecular flexibility index (Phi) is 4.35. The van der Waals surface area contributed by atoms with E-state index in [-0.39, 0.29) is 11.8 Å². The summed E-state index contributed by atoms with van der Waals surface area (Å²) in [5.74, 6) is 0.0535. The number of rotatable bonds is 5. The molecule has 2 atom stereocenters. The minimum Gasteiger partial charge on any atom is -0.494 e. The van der Waals surface area contributed by atoms with Gasteiger partial charge in [0.2, 0.25) is 0 Å². The summed E-state index contributed by atoms with van der Waals surface area (Å²) in [6.07, 6.45) is 0. The van der Waals surface area contributed by atoms with Gasteiger partial charge in [-0.2, -0.15) is 5.11 Å². The molecule has 0 unspecified atom stereocenters. The molecule has 2 amide bonds. The number of anilines is 1. The summed E-state index contributed by atoms with van der Waals surface area (Å²) in [6.45, 7) is 4.90. The van der Waals surface area contributed by atoms with Crippen molar-refractivity contribution in [2.45, 2.75) is 32.5 Å². The molecular formula is C20H20N4O3. The van der Waals surface area contributed by atoms with Gasteiger partial charge >= 0.3 is 0 Å². The maximum atomic E-state index is 13.0. The van der Waals surface area contributed by atoms with Crippen molar-refractivity contribution in [2.24, 2.45) is 10.3 Å². The summed E-state index contributed by atoms with van der Waals surface area (Å²) in [5, 5.41) is 9.75. The van der Waals surface area contributed by atoms with Crippen LogP contribution in [0.3, 0.4) is 0 Å². The zero-order valence-electron chi connectivity index (χ0n) is 15.2. The second-order valence-corrected chi connectivity index (χ2v) is 6.62. The van der Waals surface area contributed by atoms with Crippen molar-refractivity contribution in [3.8, 4) is 5.75 Å². The molecule has 138 valence electrons. The highest BCUT2D eigenvalue weighted by atomic mass is 16.5. The molecule has 0 aliphatic carbocycles. The van der Waals surface area contributed by atoms with Gasteiger partial charge in [-0.15, -0.1) is 0 Å². The van der Waals surface area contributed by atoms with E-state index in [9.17, 15) is 9.59 Å². The summed E-state index contributed by atoms with van der Waals surface area (Å²) >= 11 is 0. The highest BCUT2D eigenvalue weighted by Gasteiger charge is 2.54. The fourth-order valence-corrected chi connectivity index (χ4v) is 3.46. The molecule has 0 spiro atoms. The number of benzene rings is 2. The number of hydrogen-bond donors (Lipinski definition) is 0. The maximum absolute atomic E-state index is 13.0. The number of aryl methyl sites for hydroxylation is 1. The first kappa shape index (κ1) is 17.2. The van der Waals surface area contributed by atoms with Crippen molar-refractivity contribution in [3.05, 3.63) is 59.7 Å². The SMILES string of the molecule is CCOc1ccc(N2C(=O)[C@@H]3[C@@H](N=NN3Cc3cccc(C)c3)C2=O)cc1. The van der Waals surface area contributed by atoms with E-state index in [0.717, 1.165) is 11.1 Å². The number of amides is 2. The minimum absolute atomic E-state index is 0.299. The Morgan fingerprint density at radius 2 is 1.85 bits per heavy atom. The first-order valence-electron chi connectivity index (χ1n) is 8.92. The maximum Gasteiger partial charge on any atom is 0.263 e. The van der Waals surface area contributed by atoms with Gasteiger partial charge in [-0.05, 0) is 43.7 Å². The first-order valence-corrected chi connectivity index (χ1v) is 8.92. The number of carbonyl (C=O) groups is 2. The van der Waals surface area contributed by atoms with Crippen LogP contribution in [0.2, 0.25) is 0 Å². The molecule has 1 fully saturated rings. The number of nitrogens with zero attached hydrogens (tertiary/aromatic N) is 4. The smallest absolute Gasteiger partial charge is 0.263 e. The van der Waals surface area contributed by atoms with Crippen LogP contribution in [-0.2, 0) is 16.1 Å². The van der Waals surface area contributed by atoms with E-state index in [1.807, 2.05) is 38.1 Å². The van der Waals surface area contributed by atoms with Crippen LogP contribution < -0.4 is 9.64 Å². The van der Waals surface area contributed by atoms with Gasteiger partial charge in [0.25, 0.3) is 11.8 Å². The largest absolute Gasteiger partial charge is 0.494 e. The molecule has 2 aliphatic heterocycles. The Balaban J connectivity index is 1.56. The molecule has 0 radical (unpaired) electrons. The summed E-state index contributed by atoms with van der Waals surface area (Å²) < 4.78 is 5.41. The van der Waals surface area contributed by atoms with Gasteiger partial charge in [-0.3, -0.25) is 14.6 Å². The number of carbonyl (C=O) groups excluding carboxylic acids is 2. The Morgan fingerprint density at radius 1 is 1.07 bits per heavy atom. The number of hydrogen-bond acceptors (Lipinski definition) is 6. The van der Waals surface area contributed by atoms with Crippen molar-refractivity contribution in [1.29, 1.82) is 0 Å². The summed E-state index contributed by atoms with van der Waals surface area (Å²) in [4.78, 5) is 26.9. The zero-order valence-corrected chi connectivity index (χ0v) is 15.2. The highest BCUT2D eigenvalue weighted by Crippen LogP contribution is 2.33. The monoisotopic (exact) mass is 364 g/mol. The van der Waals surface area contributed by atoms with Crippen molar-refractivity contribution in [2.75, 3.05) is 11.5 Å². The Hall–Kier alpha value is -3.22. The molecule has 7 nitrogen and oxygen atoms in total. The lowest BCUT2D eigenvalue weighted by Gasteiger charge is -2.21. The van der Waals surface area contributed by atoms with Gasteiger partial charge in [-0.1, -0.05) is 35.1 Å². The predicted molar refractivity (Wildman–Crippen MR) is 99.3 cm³/mol. The number of imide groups is 1. The van der Waals surface area contributed by atoms with Crippen LogP contribution in [0.1, 0.15) is 18.1 Å². The predicted octanol–water partition coefficient (Wildman–Crippen LogP) is 2.89. The van der Waals surface area contributed by atoms with Crippen molar-refractivity contribution >= 4 is 17.5 Å². The summed E-state index contributed by atoms with van der Waals surface area (Å²) in [7, 11) is 0. The molecule has 0 saturated carbocycles. The fraction of sp³-hybridized carbons (Fsp3) is 0.300. The van der Waals surface area contributed by atoms with E-state index in [0.29, 0.717) is 24.6 Å². The van der Waals surface area contributed by atoms with Gasteiger partial charge < -0.3 is 4.74 Å². The van der Waals surface area contributed by atoms with E-state index >= 15 is 0 Å². The van der Waals surface area contributed by atoms with Crippen LogP contribution in [0.4, 0.5) is 5.69 Å². The zero-order chi connectivity index (χ0) is 19.0. The molecule has 4 rings (SSSR count). The van der Waals surface area contributed by atoms with Gasteiger partial charge in [0.1, 0.15) is 5.75 Å². The number of fused-ring (bicyclic) bond motifs is 1. The Labute approximate surface area is 157 Å². The molecule has 2 aliphatic rings. The van der Waals surface area contributed by atoms with Gasteiger partial charge in [0.05, 0.1) is 18.8 Å². The third-order valence-corrected chi connectivity index (χ3v) is 4.69. The third-order valence-electron chi connectivity index (χ3n) is 4.69.